The third-order valence-electron chi connectivity index (χ3n) is 2.70. The highest BCUT2D eigenvalue weighted by molar-refractivity contribution is 14.1. The molecule has 1 N–H and O–H groups in total. The highest BCUT2D eigenvalue weighted by Crippen LogP contribution is 2.23. The molecule has 0 atom stereocenters. The predicted molar refractivity (Wildman–Crippen MR) is 87.7 cm³/mol. The summed E-state index contributed by atoms with van der Waals surface area (Å²) in [7, 11) is 0. The number of rotatable bonds is 6. The van der Waals surface area contributed by atoms with Crippen LogP contribution in [-0.4, -0.2) is 6.54 Å². The predicted octanol–water partition coefficient (Wildman–Crippen LogP) is 4.58. The lowest BCUT2D eigenvalue weighted by Gasteiger charge is -2.08. The van der Waals surface area contributed by atoms with E-state index in [1.54, 1.807) is 0 Å². The molecule has 3 heteroatoms. The number of hydrogen-bond acceptors (Lipinski definition) is 2. The number of halogens is 1. The quantitative estimate of drug-likeness (QED) is 0.596. The van der Waals surface area contributed by atoms with Gasteiger partial charge in [-0.05, 0) is 77.5 Å². The Balaban J connectivity index is 2.00. The van der Waals surface area contributed by atoms with Gasteiger partial charge < -0.3 is 10.1 Å². The van der Waals surface area contributed by atoms with E-state index in [9.17, 15) is 0 Å². The van der Waals surface area contributed by atoms with E-state index in [-0.39, 0.29) is 0 Å². The van der Waals surface area contributed by atoms with E-state index in [0.29, 0.717) is 0 Å². The summed E-state index contributed by atoms with van der Waals surface area (Å²) in [6.45, 7) is 4.10. The van der Waals surface area contributed by atoms with Gasteiger partial charge in [-0.3, -0.25) is 0 Å². The summed E-state index contributed by atoms with van der Waals surface area (Å²) < 4.78 is 7.06. The fourth-order valence-corrected chi connectivity index (χ4v) is 2.13. The maximum atomic E-state index is 5.85. The zero-order valence-corrected chi connectivity index (χ0v) is 13.2. The summed E-state index contributed by atoms with van der Waals surface area (Å²) in [4.78, 5) is 0. The average molecular weight is 367 g/mol. The van der Waals surface area contributed by atoms with E-state index in [4.69, 9.17) is 4.74 Å². The Bertz CT molecular complexity index is 510. The first-order valence-electron chi connectivity index (χ1n) is 6.51. The van der Waals surface area contributed by atoms with Crippen molar-refractivity contribution < 1.29 is 4.74 Å². The molecule has 0 saturated carbocycles. The number of nitrogens with one attached hydrogen (secondary N) is 1. The fourth-order valence-electron chi connectivity index (χ4n) is 1.77. The molecule has 0 unspecified atom stereocenters. The highest BCUT2D eigenvalue weighted by Gasteiger charge is 1.99. The van der Waals surface area contributed by atoms with Gasteiger partial charge in [0.05, 0.1) is 0 Å². The third-order valence-corrected chi connectivity index (χ3v) is 3.42. The van der Waals surface area contributed by atoms with E-state index in [1.165, 1.54) is 9.13 Å². The van der Waals surface area contributed by atoms with Crippen LogP contribution in [0.1, 0.15) is 18.9 Å². The summed E-state index contributed by atoms with van der Waals surface area (Å²) in [5.41, 5.74) is 1.25. The lowest BCUT2D eigenvalue weighted by atomic mass is 10.2. The van der Waals surface area contributed by atoms with Crippen LogP contribution in [-0.2, 0) is 6.54 Å². The minimum atomic E-state index is 0.874. The smallest absolute Gasteiger partial charge is 0.127 e. The largest absolute Gasteiger partial charge is 0.457 e. The third kappa shape index (κ3) is 4.84. The van der Waals surface area contributed by atoms with Gasteiger partial charge in [0.15, 0.2) is 0 Å². The summed E-state index contributed by atoms with van der Waals surface area (Å²) >= 11 is 2.29. The first-order chi connectivity index (χ1) is 9.28. The molecule has 0 spiro atoms. The fraction of sp³-hybridized carbons (Fsp3) is 0.250. The molecule has 0 aliphatic rings. The summed E-state index contributed by atoms with van der Waals surface area (Å²) in [5, 5.41) is 3.39. The molecule has 0 fully saturated rings. The van der Waals surface area contributed by atoms with Gasteiger partial charge in [-0.1, -0.05) is 19.1 Å². The second-order valence-electron chi connectivity index (χ2n) is 4.38. The van der Waals surface area contributed by atoms with E-state index in [1.807, 2.05) is 36.4 Å². The van der Waals surface area contributed by atoms with Crippen LogP contribution < -0.4 is 10.1 Å². The summed E-state index contributed by atoms with van der Waals surface area (Å²) in [6.07, 6.45) is 1.15. The molecular formula is C16H18INO. The normalized spacial score (nSPS) is 10.4. The molecule has 0 bridgehead atoms. The monoisotopic (exact) mass is 367 g/mol. The van der Waals surface area contributed by atoms with Gasteiger partial charge in [-0.15, -0.1) is 0 Å². The zero-order chi connectivity index (χ0) is 13.5. The van der Waals surface area contributed by atoms with Gasteiger partial charge in [0.25, 0.3) is 0 Å². The molecule has 0 heterocycles. The maximum Gasteiger partial charge on any atom is 0.127 e. The Hall–Kier alpha value is -1.07. The van der Waals surface area contributed by atoms with Crippen molar-refractivity contribution in [2.24, 2.45) is 0 Å². The molecule has 0 aromatic heterocycles. The van der Waals surface area contributed by atoms with E-state index < -0.39 is 0 Å². The highest BCUT2D eigenvalue weighted by atomic mass is 127. The molecule has 2 rings (SSSR count). The lowest BCUT2D eigenvalue weighted by molar-refractivity contribution is 0.481. The van der Waals surface area contributed by atoms with E-state index in [2.05, 4.69) is 47.0 Å². The van der Waals surface area contributed by atoms with E-state index >= 15 is 0 Å². The Labute approximate surface area is 128 Å². The van der Waals surface area contributed by atoms with Crippen molar-refractivity contribution in [2.75, 3.05) is 6.54 Å². The van der Waals surface area contributed by atoms with Crippen LogP contribution in [0.15, 0.2) is 48.5 Å². The number of benzene rings is 2. The van der Waals surface area contributed by atoms with Gasteiger partial charge in [-0.2, -0.15) is 0 Å². The molecule has 0 aliphatic carbocycles. The molecule has 0 radical (unpaired) electrons. The molecule has 0 aliphatic heterocycles. The van der Waals surface area contributed by atoms with E-state index in [0.717, 1.165) is 31.0 Å². The molecular weight excluding hydrogens is 349 g/mol. The first kappa shape index (κ1) is 14.3. The van der Waals surface area contributed by atoms with Crippen molar-refractivity contribution in [2.45, 2.75) is 19.9 Å². The van der Waals surface area contributed by atoms with Gasteiger partial charge in [0, 0.05) is 10.1 Å². The second-order valence-corrected chi connectivity index (χ2v) is 5.63. The van der Waals surface area contributed by atoms with Crippen LogP contribution in [0.25, 0.3) is 0 Å². The van der Waals surface area contributed by atoms with Gasteiger partial charge in [0.1, 0.15) is 11.5 Å². The molecule has 100 valence electrons. The molecule has 2 aromatic carbocycles. The van der Waals surface area contributed by atoms with Crippen LogP contribution in [0.3, 0.4) is 0 Å². The Kier molecular flexibility index (Phi) is 5.66. The van der Waals surface area contributed by atoms with Crippen molar-refractivity contribution in [3.63, 3.8) is 0 Å². The van der Waals surface area contributed by atoms with Gasteiger partial charge in [0.2, 0.25) is 0 Å². The van der Waals surface area contributed by atoms with Crippen molar-refractivity contribution in [3.05, 3.63) is 57.7 Å². The SMILES string of the molecule is CCCNCc1cccc(Oc2ccc(I)cc2)c1. The molecule has 2 nitrogen and oxygen atoms in total. The molecule has 19 heavy (non-hydrogen) atoms. The van der Waals surface area contributed by atoms with Crippen molar-refractivity contribution in [3.8, 4) is 11.5 Å². The van der Waals surface area contributed by atoms with Gasteiger partial charge in [-0.25, -0.2) is 0 Å². The zero-order valence-electron chi connectivity index (χ0n) is 11.0. The Morgan fingerprint density at radius 3 is 2.58 bits per heavy atom. The maximum absolute atomic E-state index is 5.85. The topological polar surface area (TPSA) is 21.3 Å². The Morgan fingerprint density at radius 1 is 1.05 bits per heavy atom. The minimum Gasteiger partial charge on any atom is -0.457 e. The average Bonchev–Trinajstić information content (AvgIpc) is 2.42. The summed E-state index contributed by atoms with van der Waals surface area (Å²) in [5.74, 6) is 1.76. The van der Waals surface area contributed by atoms with Crippen molar-refractivity contribution in [1.29, 1.82) is 0 Å². The van der Waals surface area contributed by atoms with Crippen LogP contribution in [0.2, 0.25) is 0 Å². The van der Waals surface area contributed by atoms with Crippen LogP contribution in [0.4, 0.5) is 0 Å². The van der Waals surface area contributed by atoms with Crippen molar-refractivity contribution in [1.82, 2.24) is 5.32 Å². The molecule has 0 amide bonds. The second kappa shape index (κ2) is 7.50. The van der Waals surface area contributed by atoms with Gasteiger partial charge >= 0.3 is 0 Å². The molecule has 0 saturated heterocycles. The lowest BCUT2D eigenvalue weighted by Crippen LogP contribution is -2.13. The minimum absolute atomic E-state index is 0.874. The van der Waals surface area contributed by atoms with Crippen LogP contribution in [0.5, 0.6) is 11.5 Å². The standard InChI is InChI=1S/C16H18INO/c1-2-10-18-12-13-4-3-5-16(11-13)19-15-8-6-14(17)7-9-15/h3-9,11,18H,2,10,12H2,1H3. The summed E-state index contributed by atoms with van der Waals surface area (Å²) in [6, 6.07) is 16.3. The first-order valence-corrected chi connectivity index (χ1v) is 7.59. The van der Waals surface area contributed by atoms with Crippen LogP contribution >= 0.6 is 22.6 Å². The molecule has 2 aromatic rings. The Morgan fingerprint density at radius 2 is 1.84 bits per heavy atom. The number of ether oxygens (including phenoxy) is 1. The van der Waals surface area contributed by atoms with Crippen molar-refractivity contribution >= 4 is 22.6 Å². The van der Waals surface area contributed by atoms with Crippen LogP contribution in [0, 0.1) is 3.57 Å². The number of hydrogen-bond donors (Lipinski definition) is 1.